The minimum absolute atomic E-state index is 0.497. The molecule has 0 aromatic heterocycles. The third-order valence-corrected chi connectivity index (χ3v) is 2.30. The van der Waals surface area contributed by atoms with Crippen molar-refractivity contribution >= 4 is 15.7 Å². The first-order chi connectivity index (χ1) is 6.38. The second-order valence-corrected chi connectivity index (χ2v) is 4.92. The highest BCUT2D eigenvalue weighted by molar-refractivity contribution is 7.92. The molecule has 4 nitrogen and oxygen atoms in total. The summed E-state index contributed by atoms with van der Waals surface area (Å²) in [6.07, 6.45) is 0.553. The lowest BCUT2D eigenvalue weighted by molar-refractivity contribution is 0.199. The van der Waals surface area contributed by atoms with Crippen molar-refractivity contribution in [2.45, 2.75) is 13.0 Å². The third kappa shape index (κ3) is 3.35. The summed E-state index contributed by atoms with van der Waals surface area (Å²) in [4.78, 5) is 0. The van der Waals surface area contributed by atoms with E-state index in [2.05, 4.69) is 4.72 Å². The fourth-order valence-electron chi connectivity index (χ4n) is 1.04. The molecular weight excluding hydrogens is 202 g/mol. The highest BCUT2D eigenvalue weighted by Gasteiger charge is 2.03. The van der Waals surface area contributed by atoms with E-state index in [-0.39, 0.29) is 0 Å². The smallest absolute Gasteiger partial charge is 0.229 e. The molecule has 0 unspecified atom stereocenters. The normalized spacial score (nSPS) is 13.6. The van der Waals surface area contributed by atoms with Gasteiger partial charge in [0.1, 0.15) is 0 Å². The molecule has 1 atom stereocenters. The first-order valence-electron chi connectivity index (χ1n) is 4.14. The summed E-state index contributed by atoms with van der Waals surface area (Å²) in [6.45, 7) is 1.65. The summed E-state index contributed by atoms with van der Waals surface area (Å²) in [5.41, 5.74) is 1.25. The largest absolute Gasteiger partial charge is 0.389 e. The van der Waals surface area contributed by atoms with Crippen LogP contribution >= 0.6 is 0 Å². The number of aliphatic hydroxyl groups is 1. The minimum Gasteiger partial charge on any atom is -0.389 e. The number of sulfonamides is 1. The lowest BCUT2D eigenvalue weighted by Gasteiger charge is -2.06. The molecule has 0 spiro atoms. The van der Waals surface area contributed by atoms with Crippen molar-refractivity contribution < 1.29 is 13.5 Å². The quantitative estimate of drug-likeness (QED) is 0.793. The van der Waals surface area contributed by atoms with Crippen LogP contribution in [0.1, 0.15) is 18.6 Å². The molecule has 5 heteroatoms. The lowest BCUT2D eigenvalue weighted by Crippen LogP contribution is -2.09. The standard InChI is InChI=1S/C9H13NO3S/c1-7(11)8-3-5-9(6-4-8)10-14(2,12)13/h3-7,10-11H,1-2H3/t7-/m0/s1. The van der Waals surface area contributed by atoms with Gasteiger partial charge < -0.3 is 5.11 Å². The van der Waals surface area contributed by atoms with Crippen LogP contribution in [0.2, 0.25) is 0 Å². The topological polar surface area (TPSA) is 66.4 Å². The zero-order chi connectivity index (χ0) is 10.8. The number of anilines is 1. The van der Waals surface area contributed by atoms with E-state index in [0.29, 0.717) is 5.69 Å². The number of aliphatic hydroxyl groups excluding tert-OH is 1. The second-order valence-electron chi connectivity index (χ2n) is 3.17. The van der Waals surface area contributed by atoms with Gasteiger partial charge in [-0.25, -0.2) is 8.42 Å². The first kappa shape index (κ1) is 11.0. The molecule has 0 bridgehead atoms. The molecule has 1 aromatic carbocycles. The van der Waals surface area contributed by atoms with Gasteiger partial charge >= 0.3 is 0 Å². The monoisotopic (exact) mass is 215 g/mol. The van der Waals surface area contributed by atoms with Crippen LogP contribution in [-0.4, -0.2) is 19.8 Å². The Morgan fingerprint density at radius 3 is 2.14 bits per heavy atom. The van der Waals surface area contributed by atoms with Crippen LogP contribution in [-0.2, 0) is 10.0 Å². The summed E-state index contributed by atoms with van der Waals surface area (Å²) in [6, 6.07) is 6.59. The molecule has 0 aliphatic rings. The van der Waals surface area contributed by atoms with E-state index >= 15 is 0 Å². The van der Waals surface area contributed by atoms with Gasteiger partial charge in [0.05, 0.1) is 12.4 Å². The zero-order valence-corrected chi connectivity index (χ0v) is 8.88. The number of benzene rings is 1. The maximum absolute atomic E-state index is 10.9. The molecule has 14 heavy (non-hydrogen) atoms. The fraction of sp³-hybridized carbons (Fsp3) is 0.333. The molecule has 1 aromatic rings. The van der Waals surface area contributed by atoms with Crippen LogP contribution in [0.4, 0.5) is 5.69 Å². The number of hydrogen-bond acceptors (Lipinski definition) is 3. The van der Waals surface area contributed by atoms with Crippen molar-refractivity contribution in [3.8, 4) is 0 Å². The molecule has 0 fully saturated rings. The van der Waals surface area contributed by atoms with Gasteiger partial charge in [-0.1, -0.05) is 12.1 Å². The molecule has 78 valence electrons. The molecule has 0 saturated heterocycles. The summed E-state index contributed by atoms with van der Waals surface area (Å²) >= 11 is 0. The van der Waals surface area contributed by atoms with E-state index in [0.717, 1.165) is 11.8 Å². The third-order valence-electron chi connectivity index (χ3n) is 1.70. The Labute approximate surface area is 83.6 Å². The molecule has 1 rings (SSSR count). The van der Waals surface area contributed by atoms with Crippen LogP contribution in [0.15, 0.2) is 24.3 Å². The van der Waals surface area contributed by atoms with E-state index in [1.807, 2.05) is 0 Å². The van der Waals surface area contributed by atoms with Gasteiger partial charge in [0.2, 0.25) is 10.0 Å². The highest BCUT2D eigenvalue weighted by Crippen LogP contribution is 2.15. The molecule has 0 aliphatic carbocycles. The Morgan fingerprint density at radius 1 is 1.29 bits per heavy atom. The Morgan fingerprint density at radius 2 is 1.79 bits per heavy atom. The molecular formula is C9H13NO3S. The average molecular weight is 215 g/mol. The second kappa shape index (κ2) is 3.98. The van der Waals surface area contributed by atoms with Crippen molar-refractivity contribution in [2.24, 2.45) is 0 Å². The lowest BCUT2D eigenvalue weighted by atomic mass is 10.1. The Balaban J connectivity index is 2.84. The predicted molar refractivity (Wildman–Crippen MR) is 55.5 cm³/mol. The van der Waals surface area contributed by atoms with E-state index < -0.39 is 16.1 Å². The molecule has 0 heterocycles. The number of hydrogen-bond donors (Lipinski definition) is 2. The maximum atomic E-state index is 10.9. The molecule has 0 aliphatic heterocycles. The molecule has 2 N–H and O–H groups in total. The van der Waals surface area contributed by atoms with Gasteiger partial charge in [-0.3, -0.25) is 4.72 Å². The van der Waals surface area contributed by atoms with Crippen LogP contribution in [0.25, 0.3) is 0 Å². The molecule has 0 radical (unpaired) electrons. The van der Waals surface area contributed by atoms with Crippen molar-refractivity contribution in [1.29, 1.82) is 0 Å². The number of nitrogens with one attached hydrogen (secondary N) is 1. The van der Waals surface area contributed by atoms with Crippen molar-refractivity contribution in [2.75, 3.05) is 11.0 Å². The Bertz CT molecular complexity index is 395. The van der Waals surface area contributed by atoms with Crippen LogP contribution in [0.3, 0.4) is 0 Å². The van der Waals surface area contributed by atoms with Crippen LogP contribution in [0.5, 0.6) is 0 Å². The number of rotatable bonds is 3. The first-order valence-corrected chi connectivity index (χ1v) is 6.03. The minimum atomic E-state index is -3.22. The van der Waals surface area contributed by atoms with Crippen LogP contribution in [0, 0.1) is 0 Å². The van der Waals surface area contributed by atoms with Gasteiger partial charge in [0.25, 0.3) is 0 Å². The van der Waals surface area contributed by atoms with Gasteiger partial charge in [-0.05, 0) is 24.6 Å². The van der Waals surface area contributed by atoms with Gasteiger partial charge in [0, 0.05) is 5.69 Å². The van der Waals surface area contributed by atoms with E-state index in [1.54, 1.807) is 31.2 Å². The van der Waals surface area contributed by atoms with E-state index in [9.17, 15) is 13.5 Å². The van der Waals surface area contributed by atoms with Crippen molar-refractivity contribution in [3.05, 3.63) is 29.8 Å². The summed E-state index contributed by atoms with van der Waals surface area (Å²) in [5.74, 6) is 0. The maximum Gasteiger partial charge on any atom is 0.229 e. The highest BCUT2D eigenvalue weighted by atomic mass is 32.2. The zero-order valence-electron chi connectivity index (χ0n) is 8.06. The van der Waals surface area contributed by atoms with Gasteiger partial charge in [-0.15, -0.1) is 0 Å². The molecule has 0 amide bonds. The SMILES string of the molecule is C[C@H](O)c1ccc(NS(C)(=O)=O)cc1. The average Bonchev–Trinajstić information content (AvgIpc) is 2.02. The summed E-state index contributed by atoms with van der Waals surface area (Å²) < 4.78 is 24.1. The van der Waals surface area contributed by atoms with Crippen LogP contribution < -0.4 is 4.72 Å². The van der Waals surface area contributed by atoms with E-state index in [4.69, 9.17) is 0 Å². The Hall–Kier alpha value is -1.07. The Kier molecular flexibility index (Phi) is 3.13. The molecule has 0 saturated carbocycles. The van der Waals surface area contributed by atoms with Gasteiger partial charge in [-0.2, -0.15) is 0 Å². The fourth-order valence-corrected chi connectivity index (χ4v) is 1.61. The summed E-state index contributed by atoms with van der Waals surface area (Å²) in [5, 5.41) is 9.21. The van der Waals surface area contributed by atoms with Crippen molar-refractivity contribution in [1.82, 2.24) is 0 Å². The predicted octanol–water partition coefficient (Wildman–Crippen LogP) is 1.11. The summed E-state index contributed by atoms with van der Waals surface area (Å²) in [7, 11) is -3.22. The van der Waals surface area contributed by atoms with Crippen molar-refractivity contribution in [3.63, 3.8) is 0 Å². The van der Waals surface area contributed by atoms with E-state index in [1.165, 1.54) is 0 Å². The van der Waals surface area contributed by atoms with Gasteiger partial charge in [0.15, 0.2) is 0 Å².